The van der Waals surface area contributed by atoms with E-state index in [1.54, 1.807) is 0 Å². The second kappa shape index (κ2) is 14.3. The SMILES string of the molecule is OCC1O[C@@H](O[C@]2(CO[C@]3(CO[C@]4(CO)O[C@H](CO)C(O)[C@@H]4O)O[C@H](CO)C(O)[C@@H]3O)O[C@H](CO)C(O)[C@@H]2O)C(O)[C@@H](O)[C@H]1O. The molecule has 4 rings (SSSR count). The molecule has 0 aromatic heterocycles. The fraction of sp³-hybridized carbons (Fsp3) is 1.00. The molecule has 0 radical (unpaired) electrons. The van der Waals surface area contributed by atoms with E-state index in [0.29, 0.717) is 0 Å². The van der Waals surface area contributed by atoms with Gasteiger partial charge in [-0.2, -0.15) is 0 Å². The molecule has 4 saturated heterocycles. The summed E-state index contributed by atoms with van der Waals surface area (Å²) in [5, 5.41) is 143. The van der Waals surface area contributed by atoms with Crippen LogP contribution < -0.4 is 0 Å². The molecule has 4 fully saturated rings. The highest BCUT2D eigenvalue weighted by molar-refractivity contribution is 5.03. The maximum atomic E-state index is 11.0. The maximum Gasteiger partial charge on any atom is 0.224 e. The summed E-state index contributed by atoms with van der Waals surface area (Å²) in [4.78, 5) is 0. The van der Waals surface area contributed by atoms with Crippen molar-refractivity contribution in [3.63, 3.8) is 0 Å². The lowest BCUT2D eigenvalue weighted by molar-refractivity contribution is -0.404. The molecular weight excluding hydrogens is 624 g/mol. The molecule has 0 bridgehead atoms. The van der Waals surface area contributed by atoms with Gasteiger partial charge in [-0.3, -0.25) is 0 Å². The largest absolute Gasteiger partial charge is 0.394 e. The van der Waals surface area contributed by atoms with Crippen molar-refractivity contribution in [2.24, 2.45) is 0 Å². The van der Waals surface area contributed by atoms with Gasteiger partial charge in [0.05, 0.1) is 26.4 Å². The summed E-state index contributed by atoms with van der Waals surface area (Å²) in [7, 11) is 0. The standard InChI is InChI=1S/C24H42O21/c25-1-8-12(30)16(34)17(35)21(41-8)45-24(20(38)15(33)11(4-28)44-24)7-40-23(19(37)14(32)10(3-27)43-23)6-39-22(5-29)18(36)13(31)9(2-26)42-22/h8-21,25-38H,1-7H2/t8?,9-,10-,11-,12+,13?,14?,15?,16+,17?,18+,19+,20+,21+,22-,23-,24+/m1/s1. The minimum atomic E-state index is -2.67. The molecule has 264 valence electrons. The second-order valence-corrected chi connectivity index (χ2v) is 11.3. The normalized spacial score (nSPS) is 52.1. The number of rotatable bonds is 13. The third kappa shape index (κ3) is 6.49. The van der Waals surface area contributed by atoms with Crippen molar-refractivity contribution in [3.8, 4) is 0 Å². The van der Waals surface area contributed by atoms with Gasteiger partial charge in [0.25, 0.3) is 0 Å². The lowest BCUT2D eigenvalue weighted by Crippen LogP contribution is -2.63. The highest BCUT2D eigenvalue weighted by atomic mass is 16.8. The molecule has 0 saturated carbocycles. The minimum Gasteiger partial charge on any atom is -0.394 e. The molecule has 4 aliphatic rings. The molecule has 4 heterocycles. The molecule has 17 atom stereocenters. The Hall–Kier alpha value is -0.840. The minimum absolute atomic E-state index is 0.809. The van der Waals surface area contributed by atoms with E-state index in [1.807, 2.05) is 0 Å². The monoisotopic (exact) mass is 666 g/mol. The number of ether oxygens (including phenoxy) is 7. The van der Waals surface area contributed by atoms with Crippen LogP contribution in [0.3, 0.4) is 0 Å². The van der Waals surface area contributed by atoms with E-state index in [-0.39, 0.29) is 0 Å². The molecule has 0 amide bonds. The highest BCUT2D eigenvalue weighted by Gasteiger charge is 2.64. The Morgan fingerprint density at radius 1 is 0.444 bits per heavy atom. The Labute approximate surface area is 254 Å². The molecule has 45 heavy (non-hydrogen) atoms. The molecule has 21 nitrogen and oxygen atoms in total. The molecule has 5 unspecified atom stereocenters. The van der Waals surface area contributed by atoms with Crippen molar-refractivity contribution in [1.29, 1.82) is 0 Å². The van der Waals surface area contributed by atoms with Gasteiger partial charge in [0, 0.05) is 0 Å². The quantitative estimate of drug-likeness (QED) is 0.0867. The summed E-state index contributed by atoms with van der Waals surface area (Å²) in [6, 6.07) is 0. The van der Waals surface area contributed by atoms with E-state index in [2.05, 4.69) is 0 Å². The average Bonchev–Trinajstić information content (AvgIpc) is 3.55. The molecule has 0 spiro atoms. The topological polar surface area (TPSA) is 348 Å². The van der Waals surface area contributed by atoms with Crippen LogP contribution in [0.15, 0.2) is 0 Å². The van der Waals surface area contributed by atoms with Gasteiger partial charge in [-0.05, 0) is 0 Å². The van der Waals surface area contributed by atoms with E-state index in [4.69, 9.17) is 33.2 Å². The first-order valence-electron chi connectivity index (χ1n) is 14.0. The molecule has 21 heteroatoms. The lowest BCUT2D eigenvalue weighted by Gasteiger charge is -2.44. The van der Waals surface area contributed by atoms with Gasteiger partial charge in [0.15, 0.2) is 6.29 Å². The van der Waals surface area contributed by atoms with Crippen LogP contribution in [0, 0.1) is 0 Å². The van der Waals surface area contributed by atoms with Crippen molar-refractivity contribution in [2.75, 3.05) is 46.2 Å². The maximum absolute atomic E-state index is 11.0. The van der Waals surface area contributed by atoms with Crippen LogP contribution in [0.2, 0.25) is 0 Å². The van der Waals surface area contributed by atoms with Crippen LogP contribution in [-0.2, 0) is 33.2 Å². The molecular formula is C24H42O21. The highest BCUT2D eigenvalue weighted by Crippen LogP contribution is 2.41. The van der Waals surface area contributed by atoms with Crippen molar-refractivity contribution < 1.29 is 105 Å². The Morgan fingerprint density at radius 2 is 0.844 bits per heavy atom. The first-order chi connectivity index (χ1) is 21.2. The van der Waals surface area contributed by atoms with Gasteiger partial charge in [0.2, 0.25) is 17.4 Å². The van der Waals surface area contributed by atoms with Gasteiger partial charge < -0.3 is 105 Å². The number of hydrogen-bond donors (Lipinski definition) is 14. The summed E-state index contributed by atoms with van der Waals surface area (Å²) in [6.07, 6.45) is -25.6. The van der Waals surface area contributed by atoms with Crippen LogP contribution in [0.25, 0.3) is 0 Å². The van der Waals surface area contributed by atoms with Gasteiger partial charge in [-0.25, -0.2) is 0 Å². The molecule has 4 aliphatic heterocycles. The zero-order valence-electron chi connectivity index (χ0n) is 23.7. The van der Waals surface area contributed by atoms with E-state index in [1.165, 1.54) is 0 Å². The van der Waals surface area contributed by atoms with Gasteiger partial charge in [-0.1, -0.05) is 0 Å². The van der Waals surface area contributed by atoms with Crippen LogP contribution in [0.4, 0.5) is 0 Å². The fourth-order valence-corrected chi connectivity index (χ4v) is 5.65. The predicted octanol–water partition coefficient (Wildman–Crippen LogP) is -9.74. The fourth-order valence-electron chi connectivity index (χ4n) is 5.65. The first-order valence-corrected chi connectivity index (χ1v) is 14.0. The molecule has 14 N–H and O–H groups in total. The van der Waals surface area contributed by atoms with Crippen LogP contribution in [0.1, 0.15) is 0 Å². The van der Waals surface area contributed by atoms with Crippen molar-refractivity contribution in [3.05, 3.63) is 0 Å². The van der Waals surface area contributed by atoms with Crippen LogP contribution in [0.5, 0.6) is 0 Å². The third-order valence-electron chi connectivity index (χ3n) is 8.48. The molecule has 0 aromatic carbocycles. The predicted molar refractivity (Wildman–Crippen MR) is 134 cm³/mol. The number of hydrogen-bond acceptors (Lipinski definition) is 21. The summed E-state index contributed by atoms with van der Waals surface area (Å²) < 4.78 is 38.7. The van der Waals surface area contributed by atoms with Gasteiger partial charge >= 0.3 is 0 Å². The molecule has 0 aromatic rings. The Kier molecular flexibility index (Phi) is 11.8. The zero-order chi connectivity index (χ0) is 33.5. The van der Waals surface area contributed by atoms with E-state index in [0.717, 1.165) is 0 Å². The van der Waals surface area contributed by atoms with Crippen molar-refractivity contribution in [1.82, 2.24) is 0 Å². The summed E-state index contributed by atoms with van der Waals surface area (Å²) in [5.41, 5.74) is 0. The lowest BCUT2D eigenvalue weighted by atomic mass is 9.99. The average molecular weight is 667 g/mol. The van der Waals surface area contributed by atoms with Gasteiger partial charge in [0.1, 0.15) is 99.2 Å². The summed E-state index contributed by atoms with van der Waals surface area (Å²) in [5.74, 6) is -7.73. The van der Waals surface area contributed by atoms with Crippen LogP contribution >= 0.6 is 0 Å². The number of aliphatic hydroxyl groups is 14. The van der Waals surface area contributed by atoms with Crippen molar-refractivity contribution in [2.45, 2.75) is 103 Å². The Morgan fingerprint density at radius 3 is 1.31 bits per heavy atom. The van der Waals surface area contributed by atoms with Crippen molar-refractivity contribution >= 4 is 0 Å². The second-order valence-electron chi connectivity index (χ2n) is 11.3. The number of aliphatic hydroxyl groups excluding tert-OH is 14. The van der Waals surface area contributed by atoms with Crippen LogP contribution in [-0.4, -0.2) is 221 Å². The Balaban J connectivity index is 1.65. The smallest absolute Gasteiger partial charge is 0.224 e. The zero-order valence-corrected chi connectivity index (χ0v) is 23.7. The Bertz CT molecular complexity index is 962. The first kappa shape index (κ1) is 37.0. The third-order valence-corrected chi connectivity index (χ3v) is 8.48. The van der Waals surface area contributed by atoms with E-state index < -0.39 is 149 Å². The summed E-state index contributed by atoms with van der Waals surface area (Å²) >= 11 is 0. The summed E-state index contributed by atoms with van der Waals surface area (Å²) in [6.45, 7) is -6.84. The van der Waals surface area contributed by atoms with E-state index in [9.17, 15) is 71.5 Å². The van der Waals surface area contributed by atoms with E-state index >= 15 is 0 Å². The molecule has 0 aliphatic carbocycles. The van der Waals surface area contributed by atoms with Gasteiger partial charge in [-0.15, -0.1) is 0 Å².